The van der Waals surface area contributed by atoms with E-state index in [2.05, 4.69) is 5.32 Å². The van der Waals surface area contributed by atoms with Crippen LogP contribution in [0.3, 0.4) is 0 Å². The van der Waals surface area contributed by atoms with Gasteiger partial charge >= 0.3 is 0 Å². The monoisotopic (exact) mass is 281 g/mol. The number of ether oxygens (including phenoxy) is 1. The van der Waals surface area contributed by atoms with Crippen LogP contribution in [0.15, 0.2) is 18.2 Å². The Morgan fingerprint density at radius 2 is 2.25 bits per heavy atom. The highest BCUT2D eigenvalue weighted by Gasteiger charge is 2.17. The van der Waals surface area contributed by atoms with Gasteiger partial charge in [0.15, 0.2) is 0 Å². The van der Waals surface area contributed by atoms with E-state index in [1.54, 1.807) is 7.11 Å². The Kier molecular flexibility index (Phi) is 5.92. The third kappa shape index (κ3) is 4.20. The van der Waals surface area contributed by atoms with Crippen LogP contribution in [0, 0.1) is 10.1 Å². The Hall–Kier alpha value is -2.15. The van der Waals surface area contributed by atoms with Crippen molar-refractivity contribution in [2.24, 2.45) is 0 Å². The summed E-state index contributed by atoms with van der Waals surface area (Å²) in [6, 6.07) is 3.84. The molecule has 3 N–H and O–H groups in total. The van der Waals surface area contributed by atoms with E-state index in [0.717, 1.165) is 12.8 Å². The number of nitrogen functional groups attached to an aromatic ring is 1. The zero-order valence-electron chi connectivity index (χ0n) is 11.6. The van der Waals surface area contributed by atoms with Gasteiger partial charge in [-0.25, -0.2) is 0 Å². The number of nitrogens with two attached hydrogens (primary N) is 1. The molecule has 0 bridgehead atoms. The van der Waals surface area contributed by atoms with Crippen molar-refractivity contribution in [3.05, 3.63) is 33.9 Å². The quantitative estimate of drug-likeness (QED) is 0.449. The molecule has 1 unspecified atom stereocenters. The molecule has 0 spiro atoms. The standard InChI is InChI=1S/C13H19N3O4/c1-3-4-10(8-20-2)15-13(17)9-5-6-12(16(18)19)11(14)7-9/h5-7,10H,3-4,8,14H2,1-2H3,(H,15,17). The lowest BCUT2D eigenvalue weighted by atomic mass is 10.1. The second-order valence-electron chi connectivity index (χ2n) is 4.45. The third-order valence-corrected chi connectivity index (χ3v) is 2.83. The lowest BCUT2D eigenvalue weighted by Crippen LogP contribution is -2.37. The first-order valence-electron chi connectivity index (χ1n) is 6.33. The Bertz CT molecular complexity index is 485. The Balaban J connectivity index is 2.81. The maximum absolute atomic E-state index is 12.0. The van der Waals surface area contributed by atoms with Crippen LogP contribution in [0.25, 0.3) is 0 Å². The van der Waals surface area contributed by atoms with Crippen LogP contribution in [-0.2, 0) is 4.74 Å². The van der Waals surface area contributed by atoms with Crippen molar-refractivity contribution in [1.82, 2.24) is 5.32 Å². The molecular weight excluding hydrogens is 262 g/mol. The van der Waals surface area contributed by atoms with Crippen LogP contribution in [0.4, 0.5) is 11.4 Å². The minimum atomic E-state index is -0.582. The molecule has 1 atom stereocenters. The van der Waals surface area contributed by atoms with E-state index in [9.17, 15) is 14.9 Å². The van der Waals surface area contributed by atoms with Gasteiger partial charge in [0, 0.05) is 18.7 Å². The molecule has 1 amide bonds. The van der Waals surface area contributed by atoms with E-state index in [-0.39, 0.29) is 23.3 Å². The summed E-state index contributed by atoms with van der Waals surface area (Å²) >= 11 is 0. The molecule has 1 aromatic carbocycles. The van der Waals surface area contributed by atoms with Crippen molar-refractivity contribution in [2.75, 3.05) is 19.5 Å². The van der Waals surface area contributed by atoms with E-state index in [1.807, 2.05) is 6.92 Å². The van der Waals surface area contributed by atoms with Crippen LogP contribution in [0.5, 0.6) is 0 Å². The summed E-state index contributed by atoms with van der Waals surface area (Å²) in [5.41, 5.74) is 5.63. The fourth-order valence-corrected chi connectivity index (χ4v) is 1.88. The fraction of sp³-hybridized carbons (Fsp3) is 0.462. The van der Waals surface area contributed by atoms with Gasteiger partial charge in [-0.1, -0.05) is 13.3 Å². The lowest BCUT2D eigenvalue weighted by Gasteiger charge is -2.17. The van der Waals surface area contributed by atoms with E-state index >= 15 is 0 Å². The van der Waals surface area contributed by atoms with Crippen LogP contribution in [-0.4, -0.2) is 30.6 Å². The number of rotatable bonds is 7. The third-order valence-electron chi connectivity index (χ3n) is 2.83. The first-order chi connectivity index (χ1) is 9.49. The van der Waals surface area contributed by atoms with Gasteiger partial charge in [-0.2, -0.15) is 0 Å². The van der Waals surface area contributed by atoms with Crippen molar-refractivity contribution in [3.8, 4) is 0 Å². The first kappa shape index (κ1) is 15.9. The SMILES string of the molecule is CCCC(COC)NC(=O)c1ccc([N+](=O)[O-])c(N)c1. The summed E-state index contributed by atoms with van der Waals surface area (Å²) in [5, 5.41) is 13.5. The number of hydrogen-bond donors (Lipinski definition) is 2. The molecule has 1 rings (SSSR count). The minimum Gasteiger partial charge on any atom is -0.393 e. The molecular formula is C13H19N3O4. The highest BCUT2D eigenvalue weighted by atomic mass is 16.6. The number of benzene rings is 1. The van der Waals surface area contributed by atoms with Gasteiger partial charge in [0.1, 0.15) is 5.69 Å². The summed E-state index contributed by atoms with van der Waals surface area (Å²) in [6.45, 7) is 2.43. The molecule has 0 saturated heterocycles. The number of carbonyl (C=O) groups is 1. The van der Waals surface area contributed by atoms with Crippen LogP contribution in [0.2, 0.25) is 0 Å². The molecule has 0 fully saturated rings. The average molecular weight is 281 g/mol. The smallest absolute Gasteiger partial charge is 0.292 e. The van der Waals surface area contributed by atoms with Crippen molar-refractivity contribution >= 4 is 17.3 Å². The van der Waals surface area contributed by atoms with Gasteiger partial charge in [0.05, 0.1) is 17.6 Å². The predicted molar refractivity (Wildman–Crippen MR) is 75.5 cm³/mol. The molecule has 0 aliphatic rings. The average Bonchev–Trinajstić information content (AvgIpc) is 2.38. The zero-order valence-corrected chi connectivity index (χ0v) is 11.6. The van der Waals surface area contributed by atoms with Crippen LogP contribution < -0.4 is 11.1 Å². The molecule has 0 radical (unpaired) electrons. The number of hydrogen-bond acceptors (Lipinski definition) is 5. The molecule has 7 heteroatoms. The fourth-order valence-electron chi connectivity index (χ4n) is 1.88. The van der Waals surface area contributed by atoms with Crippen molar-refractivity contribution in [2.45, 2.75) is 25.8 Å². The topological polar surface area (TPSA) is 107 Å². The Morgan fingerprint density at radius 3 is 2.75 bits per heavy atom. The number of anilines is 1. The van der Waals surface area contributed by atoms with Gasteiger partial charge < -0.3 is 15.8 Å². The highest BCUT2D eigenvalue weighted by molar-refractivity contribution is 5.95. The molecule has 0 saturated carbocycles. The second-order valence-corrected chi connectivity index (χ2v) is 4.45. The van der Waals surface area contributed by atoms with Crippen molar-refractivity contribution < 1.29 is 14.5 Å². The molecule has 20 heavy (non-hydrogen) atoms. The van der Waals surface area contributed by atoms with E-state index in [1.165, 1.54) is 18.2 Å². The van der Waals surface area contributed by atoms with Gasteiger partial charge in [0.2, 0.25) is 0 Å². The number of nitrogens with one attached hydrogen (secondary N) is 1. The summed E-state index contributed by atoms with van der Waals surface area (Å²) in [5.74, 6) is -0.318. The maximum Gasteiger partial charge on any atom is 0.292 e. The van der Waals surface area contributed by atoms with Gasteiger partial charge in [-0.15, -0.1) is 0 Å². The molecule has 0 aromatic heterocycles. The summed E-state index contributed by atoms with van der Waals surface area (Å²) in [4.78, 5) is 22.1. The zero-order chi connectivity index (χ0) is 15.1. The molecule has 110 valence electrons. The number of methoxy groups -OCH3 is 1. The predicted octanol–water partition coefficient (Wildman–Crippen LogP) is 1.72. The van der Waals surface area contributed by atoms with Crippen molar-refractivity contribution in [3.63, 3.8) is 0 Å². The first-order valence-corrected chi connectivity index (χ1v) is 6.33. The highest BCUT2D eigenvalue weighted by Crippen LogP contribution is 2.22. The van der Waals surface area contributed by atoms with Gasteiger partial charge in [-0.05, 0) is 18.6 Å². The molecule has 7 nitrogen and oxygen atoms in total. The number of nitro groups is 1. The summed E-state index contributed by atoms with van der Waals surface area (Å²) < 4.78 is 5.04. The molecule has 0 heterocycles. The lowest BCUT2D eigenvalue weighted by molar-refractivity contribution is -0.383. The number of nitro benzene ring substituents is 1. The number of nitrogens with zero attached hydrogens (tertiary/aromatic N) is 1. The molecule has 0 aliphatic carbocycles. The summed E-state index contributed by atoms with van der Waals surface area (Å²) in [6.07, 6.45) is 1.71. The largest absolute Gasteiger partial charge is 0.393 e. The number of carbonyl (C=O) groups excluding carboxylic acids is 1. The molecule has 0 aliphatic heterocycles. The number of amides is 1. The van der Waals surface area contributed by atoms with Crippen LogP contribution in [0.1, 0.15) is 30.1 Å². The maximum atomic E-state index is 12.0. The second kappa shape index (κ2) is 7.44. The summed E-state index contributed by atoms with van der Waals surface area (Å²) in [7, 11) is 1.57. The van der Waals surface area contributed by atoms with Crippen LogP contribution >= 0.6 is 0 Å². The van der Waals surface area contributed by atoms with E-state index in [4.69, 9.17) is 10.5 Å². The van der Waals surface area contributed by atoms with Gasteiger partial charge in [0.25, 0.3) is 11.6 Å². The van der Waals surface area contributed by atoms with E-state index < -0.39 is 4.92 Å². The van der Waals surface area contributed by atoms with Crippen molar-refractivity contribution in [1.29, 1.82) is 0 Å². The van der Waals surface area contributed by atoms with E-state index in [0.29, 0.717) is 12.2 Å². The Morgan fingerprint density at radius 1 is 1.55 bits per heavy atom. The normalized spacial score (nSPS) is 11.9. The molecule has 1 aromatic rings. The Labute approximate surface area is 117 Å². The minimum absolute atomic E-state index is 0.0265. The van der Waals surface area contributed by atoms with Gasteiger partial charge in [-0.3, -0.25) is 14.9 Å².